The molecule has 65 heavy (non-hydrogen) atoms. The fourth-order valence-electron chi connectivity index (χ4n) is 9.87. The molecule has 6 aromatic rings. The van der Waals surface area contributed by atoms with E-state index >= 15 is 0 Å². The van der Waals surface area contributed by atoms with Gasteiger partial charge in [-0.15, -0.1) is 0 Å². The van der Waals surface area contributed by atoms with Gasteiger partial charge in [-0.25, -0.2) is 19.6 Å². The summed E-state index contributed by atoms with van der Waals surface area (Å²) in [5.74, 6) is 1.67. The monoisotopic (exact) mass is 884 g/mol. The van der Waals surface area contributed by atoms with E-state index in [4.69, 9.17) is 28.9 Å². The highest BCUT2D eigenvalue weighted by atomic mass is 16.5. The summed E-state index contributed by atoms with van der Waals surface area (Å²) in [4.78, 5) is 72.8. The zero-order chi connectivity index (χ0) is 45.7. The summed E-state index contributed by atoms with van der Waals surface area (Å²) in [7, 11) is 4.24. The average Bonchev–Trinajstić information content (AvgIpc) is 4.14. The molecule has 0 radical (unpaired) electrons. The summed E-state index contributed by atoms with van der Waals surface area (Å²) in [6.45, 7) is 9.56. The molecule has 0 bridgehead atoms. The normalized spacial score (nSPS) is 19.1. The van der Waals surface area contributed by atoms with E-state index in [0.717, 1.165) is 85.1 Å². The van der Waals surface area contributed by atoms with Crippen LogP contribution in [0.1, 0.15) is 76.3 Å². The van der Waals surface area contributed by atoms with Crippen molar-refractivity contribution in [2.75, 3.05) is 41.0 Å². The van der Waals surface area contributed by atoms with Crippen LogP contribution in [-0.4, -0.2) is 107 Å². The molecule has 9 rings (SSSR count). The summed E-state index contributed by atoms with van der Waals surface area (Å²) in [6.07, 6.45) is 0.990. The number of amides is 4. The zero-order valence-electron chi connectivity index (χ0n) is 37.8. The topological polar surface area (TPSA) is 193 Å². The number of H-pyrrole nitrogens is 2. The Balaban J connectivity index is 0.972. The average molecular weight is 885 g/mol. The number of nitrogens with zero attached hydrogens (tertiary/aromatic N) is 4. The molecule has 4 amide bonds. The highest BCUT2D eigenvalue weighted by Crippen LogP contribution is 2.44. The van der Waals surface area contributed by atoms with Crippen LogP contribution in [0.3, 0.4) is 0 Å². The van der Waals surface area contributed by atoms with E-state index in [-0.39, 0.29) is 41.7 Å². The van der Waals surface area contributed by atoms with Crippen molar-refractivity contribution >= 4 is 56.8 Å². The number of fused-ring (bicyclic) bond motifs is 7. The first-order valence-corrected chi connectivity index (χ1v) is 22.4. The molecule has 2 saturated heterocycles. The van der Waals surface area contributed by atoms with E-state index in [1.807, 2.05) is 49.6 Å². The summed E-state index contributed by atoms with van der Waals surface area (Å²) in [6, 6.07) is 18.9. The molecular formula is C49H56N8O8. The van der Waals surface area contributed by atoms with Gasteiger partial charge in [-0.05, 0) is 95.1 Å². The number of hydrogen-bond donors (Lipinski definition) is 4. The second-order valence-corrected chi connectivity index (χ2v) is 18.1. The lowest BCUT2D eigenvalue weighted by Gasteiger charge is -2.30. The molecule has 5 heterocycles. The molecule has 0 unspecified atom stereocenters. The van der Waals surface area contributed by atoms with Crippen molar-refractivity contribution in [3.8, 4) is 28.0 Å². The third-order valence-electron chi connectivity index (χ3n) is 13.2. The molecule has 0 aliphatic carbocycles. The van der Waals surface area contributed by atoms with Crippen LogP contribution >= 0.6 is 0 Å². The molecule has 16 nitrogen and oxygen atoms in total. The number of alkyl carbamates (subject to hydrolysis) is 2. The quantitative estimate of drug-likeness (QED) is 0.0999. The molecule has 340 valence electrons. The van der Waals surface area contributed by atoms with Gasteiger partial charge in [-0.2, -0.15) is 0 Å². The first kappa shape index (κ1) is 43.6. The predicted octanol–water partition coefficient (Wildman–Crippen LogP) is 7.78. The van der Waals surface area contributed by atoms with Crippen LogP contribution < -0.4 is 15.4 Å². The van der Waals surface area contributed by atoms with E-state index in [2.05, 4.69) is 69.1 Å². The molecule has 3 aliphatic heterocycles. The van der Waals surface area contributed by atoms with Gasteiger partial charge in [0.2, 0.25) is 11.8 Å². The molecular weight excluding hydrogens is 829 g/mol. The molecule has 0 spiro atoms. The van der Waals surface area contributed by atoms with Gasteiger partial charge in [0, 0.05) is 37.1 Å². The van der Waals surface area contributed by atoms with E-state index in [9.17, 15) is 19.2 Å². The van der Waals surface area contributed by atoms with Gasteiger partial charge < -0.3 is 49.3 Å². The standard InChI is InChI=1S/C49H56N8O8/c1-25(2)41(54-48(60)63-6)46(58)56-16-8-9-38(56)44-50-35-14-11-29(20-37(35)52-44)28-10-13-32-31(18-28)24-65-40-21-33-30(19-34(32)40)12-15-36-43(33)53-45(51-36)39-17-27(23-62-5)22-57(39)47(59)42(26(3)4)55-49(61)64-7/h10-15,18-21,25-27,38-39,41-42H,8-9,16-17,22-24H2,1-7H3,(H,50,52)(H,51,53)(H,54,60)(H,55,61)/t27-,38-,39-,41-,42-/m0/s1. The number of carbonyl (C=O) groups is 4. The second kappa shape index (κ2) is 17.7. The number of aromatic nitrogens is 4. The van der Waals surface area contributed by atoms with Gasteiger partial charge in [0.1, 0.15) is 36.1 Å². The smallest absolute Gasteiger partial charge is 0.407 e. The van der Waals surface area contributed by atoms with E-state index in [1.54, 1.807) is 7.11 Å². The fraction of sp³-hybridized carbons (Fsp3) is 0.429. The third-order valence-corrected chi connectivity index (χ3v) is 13.2. The molecule has 5 atom stereocenters. The Morgan fingerprint density at radius 2 is 1.43 bits per heavy atom. The van der Waals surface area contributed by atoms with Crippen LogP contribution in [0.5, 0.6) is 5.75 Å². The summed E-state index contributed by atoms with van der Waals surface area (Å²) in [5, 5.41) is 7.44. The lowest BCUT2D eigenvalue weighted by molar-refractivity contribution is -0.136. The van der Waals surface area contributed by atoms with Crippen LogP contribution in [0.2, 0.25) is 0 Å². The first-order valence-electron chi connectivity index (χ1n) is 22.4. The minimum absolute atomic E-state index is 0.0987. The van der Waals surface area contributed by atoms with Crippen molar-refractivity contribution < 1.29 is 38.1 Å². The molecule has 4 N–H and O–H groups in total. The van der Waals surface area contributed by atoms with Gasteiger partial charge >= 0.3 is 12.2 Å². The Labute approximate surface area is 376 Å². The summed E-state index contributed by atoms with van der Waals surface area (Å²) in [5.41, 5.74) is 8.58. The second-order valence-electron chi connectivity index (χ2n) is 18.1. The Bertz CT molecular complexity index is 2820. The Kier molecular flexibility index (Phi) is 11.9. The van der Waals surface area contributed by atoms with Crippen LogP contribution in [0, 0.1) is 17.8 Å². The number of rotatable bonds is 11. The van der Waals surface area contributed by atoms with Gasteiger partial charge in [-0.3, -0.25) is 9.59 Å². The number of benzene rings is 4. The molecule has 3 aliphatic rings. The molecule has 16 heteroatoms. The maximum absolute atomic E-state index is 14.1. The van der Waals surface area contributed by atoms with E-state index in [1.165, 1.54) is 14.2 Å². The van der Waals surface area contributed by atoms with Crippen molar-refractivity contribution in [2.24, 2.45) is 17.8 Å². The zero-order valence-corrected chi connectivity index (χ0v) is 37.8. The van der Waals surface area contributed by atoms with Crippen molar-refractivity contribution in [1.29, 1.82) is 0 Å². The van der Waals surface area contributed by atoms with Crippen molar-refractivity contribution in [3.63, 3.8) is 0 Å². The number of hydrogen-bond acceptors (Lipinski definition) is 10. The van der Waals surface area contributed by atoms with Crippen LogP contribution in [0.15, 0.2) is 60.7 Å². The van der Waals surface area contributed by atoms with Crippen LogP contribution in [0.25, 0.3) is 55.1 Å². The maximum atomic E-state index is 14.1. The van der Waals surface area contributed by atoms with Gasteiger partial charge in [0.25, 0.3) is 0 Å². The Morgan fingerprint density at radius 3 is 2.14 bits per heavy atom. The number of likely N-dealkylation sites (tertiary alicyclic amines) is 2. The third kappa shape index (κ3) is 8.19. The highest BCUT2D eigenvalue weighted by Gasteiger charge is 2.42. The SMILES string of the molecule is COC[C@H]1C[C@@H](c2nc3ccc4cc5c(cc4c3[nH]2)OCc2cc(-c3ccc4nc([C@@H]6CCCN6C(=O)[C@@H](NC(=O)OC)C(C)C)[nH]c4c3)ccc2-5)N(C(=O)[C@@H](NC(=O)OC)C(C)C)C1. The number of carbonyl (C=O) groups excluding carboxylic acids is 4. The van der Waals surface area contributed by atoms with E-state index in [0.29, 0.717) is 38.5 Å². The summed E-state index contributed by atoms with van der Waals surface area (Å²) >= 11 is 0. The van der Waals surface area contributed by atoms with Crippen molar-refractivity contribution in [1.82, 2.24) is 40.4 Å². The summed E-state index contributed by atoms with van der Waals surface area (Å²) < 4.78 is 21.6. The maximum Gasteiger partial charge on any atom is 0.407 e. The molecule has 2 fully saturated rings. The minimum Gasteiger partial charge on any atom is -0.488 e. The molecule has 0 saturated carbocycles. The molecule has 4 aromatic carbocycles. The lowest BCUT2D eigenvalue weighted by Crippen LogP contribution is -2.51. The lowest BCUT2D eigenvalue weighted by atomic mass is 9.91. The van der Waals surface area contributed by atoms with E-state index < -0.39 is 24.3 Å². The first-order chi connectivity index (χ1) is 31.3. The Hall–Kier alpha value is -6.68. The van der Waals surface area contributed by atoms with Crippen LogP contribution in [-0.2, 0) is 30.4 Å². The fourth-order valence-corrected chi connectivity index (χ4v) is 9.87. The number of methoxy groups -OCH3 is 3. The molecule has 2 aromatic heterocycles. The number of aromatic amines is 2. The van der Waals surface area contributed by atoms with Gasteiger partial charge in [0.15, 0.2) is 0 Å². The number of nitrogens with one attached hydrogen (secondary N) is 4. The Morgan fingerprint density at radius 1 is 0.769 bits per heavy atom. The van der Waals surface area contributed by atoms with Gasteiger partial charge in [0.05, 0.1) is 55.0 Å². The highest BCUT2D eigenvalue weighted by molar-refractivity contribution is 6.07. The van der Waals surface area contributed by atoms with Gasteiger partial charge in [-0.1, -0.05) is 52.0 Å². The predicted molar refractivity (Wildman–Crippen MR) is 245 cm³/mol. The van der Waals surface area contributed by atoms with Crippen LogP contribution in [0.4, 0.5) is 9.59 Å². The largest absolute Gasteiger partial charge is 0.488 e. The van der Waals surface area contributed by atoms with Crippen molar-refractivity contribution in [3.05, 3.63) is 77.9 Å². The number of imidazole rings is 2. The van der Waals surface area contributed by atoms with Crippen molar-refractivity contribution in [2.45, 2.75) is 77.7 Å². The minimum atomic E-state index is -0.760. The number of ether oxygens (including phenoxy) is 4.